The number of hydrogen-bond acceptors (Lipinski definition) is 3. The summed E-state index contributed by atoms with van der Waals surface area (Å²) >= 11 is 0. The van der Waals surface area contributed by atoms with Crippen molar-refractivity contribution in [2.75, 3.05) is 19.1 Å². The normalized spacial score (nSPS) is 11.0. The summed E-state index contributed by atoms with van der Waals surface area (Å²) in [6, 6.07) is 23.1. The summed E-state index contributed by atoms with van der Waals surface area (Å²) in [5.74, 6) is 0.800. The van der Waals surface area contributed by atoms with Crippen LogP contribution in [0.15, 0.2) is 66.7 Å². The molecule has 0 aliphatic carbocycles. The molecule has 4 aromatic rings. The van der Waals surface area contributed by atoms with Crippen LogP contribution in [0.5, 0.6) is 5.75 Å². The SMILES string of the molecule is COc1cccc2c(N(C)c3cccc4ccccc34)cc(C)nc12. The summed E-state index contributed by atoms with van der Waals surface area (Å²) in [6.45, 7) is 2.02. The van der Waals surface area contributed by atoms with Crippen LogP contribution in [0, 0.1) is 6.92 Å². The van der Waals surface area contributed by atoms with Gasteiger partial charge in [-0.05, 0) is 30.5 Å². The van der Waals surface area contributed by atoms with Crippen LogP contribution in [0.25, 0.3) is 21.7 Å². The van der Waals surface area contributed by atoms with Gasteiger partial charge in [-0.1, -0.05) is 48.5 Å². The molecule has 0 bridgehead atoms. The maximum Gasteiger partial charge on any atom is 0.145 e. The van der Waals surface area contributed by atoms with Gasteiger partial charge < -0.3 is 9.64 Å². The van der Waals surface area contributed by atoms with E-state index >= 15 is 0 Å². The molecule has 0 amide bonds. The largest absolute Gasteiger partial charge is 0.494 e. The van der Waals surface area contributed by atoms with Crippen molar-refractivity contribution >= 4 is 33.1 Å². The Bertz CT molecular complexity index is 1070. The van der Waals surface area contributed by atoms with Crippen molar-refractivity contribution in [2.45, 2.75) is 6.92 Å². The lowest BCUT2D eigenvalue weighted by Crippen LogP contribution is -2.11. The lowest BCUT2D eigenvalue weighted by molar-refractivity contribution is 0.419. The average molecular weight is 328 g/mol. The highest BCUT2D eigenvalue weighted by molar-refractivity contribution is 6.01. The Kier molecular flexibility index (Phi) is 3.77. The molecule has 25 heavy (non-hydrogen) atoms. The highest BCUT2D eigenvalue weighted by atomic mass is 16.5. The standard InChI is InChI=1S/C22H20N2O/c1-15-14-20(18-11-7-13-21(25-3)22(18)23-15)24(2)19-12-6-9-16-8-4-5-10-17(16)19/h4-14H,1-3H3. The Morgan fingerprint density at radius 3 is 2.40 bits per heavy atom. The third-order valence-corrected chi connectivity index (χ3v) is 4.62. The van der Waals surface area contributed by atoms with E-state index in [1.165, 1.54) is 16.5 Å². The third kappa shape index (κ3) is 2.58. The number of fused-ring (bicyclic) bond motifs is 2. The van der Waals surface area contributed by atoms with Crippen LogP contribution >= 0.6 is 0 Å². The van der Waals surface area contributed by atoms with Crippen molar-refractivity contribution in [3.05, 3.63) is 72.4 Å². The van der Waals surface area contributed by atoms with Crippen molar-refractivity contribution in [3.8, 4) is 5.75 Å². The van der Waals surface area contributed by atoms with Crippen molar-refractivity contribution in [1.29, 1.82) is 0 Å². The van der Waals surface area contributed by atoms with Gasteiger partial charge in [0.2, 0.25) is 0 Å². The van der Waals surface area contributed by atoms with Crippen LogP contribution in [-0.4, -0.2) is 19.1 Å². The molecular weight excluding hydrogens is 308 g/mol. The highest BCUT2D eigenvalue weighted by Gasteiger charge is 2.14. The van der Waals surface area contributed by atoms with Crippen molar-refractivity contribution in [2.24, 2.45) is 0 Å². The second-order valence-electron chi connectivity index (χ2n) is 6.20. The minimum absolute atomic E-state index is 0.800. The fourth-order valence-corrected chi connectivity index (χ4v) is 3.40. The number of methoxy groups -OCH3 is 1. The van der Waals surface area contributed by atoms with Crippen LogP contribution in [0.1, 0.15) is 5.69 Å². The molecule has 0 radical (unpaired) electrons. The molecule has 0 fully saturated rings. The van der Waals surface area contributed by atoms with Gasteiger partial charge in [0.1, 0.15) is 11.3 Å². The van der Waals surface area contributed by atoms with Crippen LogP contribution in [0.3, 0.4) is 0 Å². The number of aryl methyl sites for hydroxylation is 1. The Morgan fingerprint density at radius 2 is 1.56 bits per heavy atom. The maximum absolute atomic E-state index is 5.51. The number of nitrogens with zero attached hydrogens (tertiary/aromatic N) is 2. The molecule has 4 rings (SSSR count). The van der Waals surface area contributed by atoms with Gasteiger partial charge in [0.05, 0.1) is 12.8 Å². The summed E-state index contributed by atoms with van der Waals surface area (Å²) < 4.78 is 5.51. The summed E-state index contributed by atoms with van der Waals surface area (Å²) in [5.41, 5.74) is 4.16. The zero-order valence-corrected chi connectivity index (χ0v) is 14.7. The van der Waals surface area contributed by atoms with Crippen molar-refractivity contribution < 1.29 is 4.74 Å². The lowest BCUT2D eigenvalue weighted by Gasteiger charge is -2.24. The molecule has 124 valence electrons. The van der Waals surface area contributed by atoms with E-state index in [2.05, 4.69) is 66.5 Å². The van der Waals surface area contributed by atoms with Crippen LogP contribution < -0.4 is 9.64 Å². The molecule has 0 saturated heterocycles. The van der Waals surface area contributed by atoms with Gasteiger partial charge in [-0.2, -0.15) is 0 Å². The van der Waals surface area contributed by atoms with Crippen LogP contribution in [0.4, 0.5) is 11.4 Å². The number of aromatic nitrogens is 1. The first-order valence-corrected chi connectivity index (χ1v) is 8.35. The van der Waals surface area contributed by atoms with Crippen LogP contribution in [0.2, 0.25) is 0 Å². The second kappa shape index (κ2) is 6.10. The minimum atomic E-state index is 0.800. The van der Waals surface area contributed by atoms with Gasteiger partial charge >= 0.3 is 0 Å². The van der Waals surface area contributed by atoms with E-state index in [0.717, 1.165) is 28.0 Å². The molecule has 0 N–H and O–H groups in total. The molecule has 0 unspecified atom stereocenters. The monoisotopic (exact) mass is 328 g/mol. The molecule has 1 heterocycles. The van der Waals surface area contributed by atoms with Gasteiger partial charge in [0.15, 0.2) is 0 Å². The number of pyridine rings is 1. The van der Waals surface area contributed by atoms with Crippen LogP contribution in [-0.2, 0) is 0 Å². The molecular formula is C22H20N2O. The molecule has 0 aliphatic heterocycles. The van der Waals surface area contributed by atoms with E-state index in [1.54, 1.807) is 7.11 Å². The Hall–Kier alpha value is -3.07. The number of anilines is 2. The number of benzene rings is 3. The van der Waals surface area contributed by atoms with E-state index in [-0.39, 0.29) is 0 Å². The molecule has 0 spiro atoms. The minimum Gasteiger partial charge on any atom is -0.494 e. The Labute approximate surface area is 147 Å². The first-order valence-electron chi connectivity index (χ1n) is 8.35. The number of para-hydroxylation sites is 1. The van der Waals surface area contributed by atoms with Gasteiger partial charge in [-0.15, -0.1) is 0 Å². The molecule has 3 aromatic carbocycles. The summed E-state index contributed by atoms with van der Waals surface area (Å²) in [6.07, 6.45) is 0. The molecule has 1 aromatic heterocycles. The Morgan fingerprint density at radius 1 is 0.840 bits per heavy atom. The maximum atomic E-state index is 5.51. The quantitative estimate of drug-likeness (QED) is 0.498. The van der Waals surface area contributed by atoms with Crippen molar-refractivity contribution in [3.63, 3.8) is 0 Å². The van der Waals surface area contributed by atoms with E-state index < -0.39 is 0 Å². The fourth-order valence-electron chi connectivity index (χ4n) is 3.40. The van der Waals surface area contributed by atoms with Gasteiger partial charge in [0, 0.05) is 29.2 Å². The first-order chi connectivity index (χ1) is 12.2. The second-order valence-corrected chi connectivity index (χ2v) is 6.20. The number of hydrogen-bond donors (Lipinski definition) is 0. The first kappa shape index (κ1) is 15.5. The zero-order chi connectivity index (χ0) is 17.4. The Balaban J connectivity index is 1.97. The predicted octanol–water partition coefficient (Wildman–Crippen LogP) is 5.47. The molecule has 0 saturated carbocycles. The molecule has 3 nitrogen and oxygen atoms in total. The van der Waals surface area contributed by atoms with Gasteiger partial charge in [-0.3, -0.25) is 0 Å². The van der Waals surface area contributed by atoms with Crippen molar-refractivity contribution in [1.82, 2.24) is 4.98 Å². The van der Waals surface area contributed by atoms with E-state index in [1.807, 2.05) is 19.1 Å². The lowest BCUT2D eigenvalue weighted by atomic mass is 10.1. The fraction of sp³-hybridized carbons (Fsp3) is 0.136. The third-order valence-electron chi connectivity index (χ3n) is 4.62. The summed E-state index contributed by atoms with van der Waals surface area (Å²) in [5, 5.41) is 3.55. The molecule has 0 aliphatic rings. The van der Waals surface area contributed by atoms with Gasteiger partial charge in [-0.25, -0.2) is 4.98 Å². The molecule has 3 heteroatoms. The molecule has 0 atom stereocenters. The number of ether oxygens (including phenoxy) is 1. The van der Waals surface area contributed by atoms with E-state index in [0.29, 0.717) is 0 Å². The van der Waals surface area contributed by atoms with Gasteiger partial charge in [0.25, 0.3) is 0 Å². The topological polar surface area (TPSA) is 25.4 Å². The van der Waals surface area contributed by atoms with E-state index in [9.17, 15) is 0 Å². The highest BCUT2D eigenvalue weighted by Crippen LogP contribution is 2.37. The number of rotatable bonds is 3. The predicted molar refractivity (Wildman–Crippen MR) is 105 cm³/mol. The smallest absolute Gasteiger partial charge is 0.145 e. The summed E-state index contributed by atoms with van der Waals surface area (Å²) in [4.78, 5) is 6.93. The summed E-state index contributed by atoms with van der Waals surface area (Å²) in [7, 11) is 3.79. The zero-order valence-electron chi connectivity index (χ0n) is 14.7. The van der Waals surface area contributed by atoms with E-state index in [4.69, 9.17) is 9.72 Å². The average Bonchev–Trinajstić information content (AvgIpc) is 2.66.